The van der Waals surface area contributed by atoms with Crippen molar-refractivity contribution in [3.63, 3.8) is 0 Å². The number of ketones is 1. The van der Waals surface area contributed by atoms with Crippen LogP contribution in [0.25, 0.3) is 10.9 Å². The number of carboxylic acid groups (broad SMARTS) is 1. The van der Waals surface area contributed by atoms with Crippen molar-refractivity contribution in [1.82, 2.24) is 45.7 Å². The number of carboxylic acids is 1. The van der Waals surface area contributed by atoms with Crippen molar-refractivity contribution in [2.45, 2.75) is 154 Å². The Hall–Kier alpha value is -13.9. The SMILES string of the molecule is CCCCCCNc1ccc2c(c1)C(=O)N(C1CCC(=O)NC1=O)C2=O.O=C(CN1CCN(c2ccc(C(=O)Nc3n[nH]c4ccc(Cc5cc(F)cc(F)c5)cc34)c(NC3CCOCC3)c2)CC1)NCCCCCNc1ccc2c(c1)C(=O)N(C1CCC(=O)NC1=O)C2=O.O=C(O)CN1CCN(c2ccc(C(=O)CC3=NCc4ccc(Cc5cc(F)cc(F)c5)cc43)c(CC3CCOCC3)c2)CC1. The fraction of sp³-hybridized carbons (Fsp3) is 0.404. The van der Waals surface area contributed by atoms with Crippen LogP contribution in [0.15, 0.2) is 151 Å². The van der Waals surface area contributed by atoms with Crippen LogP contribution in [0.4, 0.5) is 51.8 Å². The minimum Gasteiger partial charge on any atom is -0.480 e. The second-order valence-electron chi connectivity index (χ2n) is 36.7. The number of aromatic amines is 1. The fourth-order valence-corrected chi connectivity index (χ4v) is 19.3. The zero-order valence-corrected chi connectivity index (χ0v) is 77.6. The van der Waals surface area contributed by atoms with E-state index in [-0.39, 0.29) is 85.9 Å². The summed E-state index contributed by atoms with van der Waals surface area (Å²) < 4.78 is 66.5. The van der Waals surface area contributed by atoms with Crippen LogP contribution in [0, 0.1) is 29.2 Å². The van der Waals surface area contributed by atoms with Crippen LogP contribution in [-0.2, 0) is 64.0 Å². The first-order valence-electron chi connectivity index (χ1n) is 48.0. The molecule has 1 aromatic heterocycles. The number of imide groups is 4. The molecule has 8 aromatic carbocycles. The van der Waals surface area contributed by atoms with E-state index in [1.807, 2.05) is 71.6 Å². The quantitative estimate of drug-likeness (QED) is 0.00783. The number of piperazine rings is 2. The smallest absolute Gasteiger partial charge is 0.317 e. The molecule has 2 atom stereocenters. The van der Waals surface area contributed by atoms with Gasteiger partial charge in [-0.2, -0.15) is 5.10 Å². The molecule has 0 radical (unpaired) electrons. The number of aromatic nitrogens is 2. The van der Waals surface area contributed by atoms with Gasteiger partial charge in [-0.15, -0.1) is 0 Å². The van der Waals surface area contributed by atoms with E-state index in [0.717, 1.165) is 170 Å². The lowest BCUT2D eigenvalue weighted by Gasteiger charge is -2.36. The van der Waals surface area contributed by atoms with E-state index in [0.29, 0.717) is 152 Å². The normalized spacial score (nSPS) is 18.0. The first kappa shape index (κ1) is 98.2. The number of unbranched alkanes of at least 4 members (excludes halogenated alkanes) is 5. The maximum Gasteiger partial charge on any atom is 0.317 e. The predicted octanol–water partition coefficient (Wildman–Crippen LogP) is 12.6. The molecule has 31 nitrogen and oxygen atoms in total. The number of fused-ring (bicyclic) bond motifs is 4. The molecular formula is C104H114F4N16O15. The van der Waals surface area contributed by atoms with Crippen molar-refractivity contribution in [2.75, 3.05) is 143 Å². The highest BCUT2D eigenvalue weighted by Gasteiger charge is 2.47. The average molecular weight is 1900 g/mol. The Kier molecular flexibility index (Phi) is 32.2. The van der Waals surface area contributed by atoms with Crippen molar-refractivity contribution >= 4 is 122 Å². The number of hydrogen-bond acceptors (Lipinski definition) is 23. The first-order valence-corrected chi connectivity index (χ1v) is 48.0. The van der Waals surface area contributed by atoms with E-state index in [1.165, 1.54) is 37.1 Å². The molecule has 18 rings (SSSR count). The van der Waals surface area contributed by atoms with E-state index in [9.17, 15) is 75.1 Å². The highest BCUT2D eigenvalue weighted by atomic mass is 19.1. The van der Waals surface area contributed by atoms with Crippen molar-refractivity contribution < 1.29 is 89.7 Å². The highest BCUT2D eigenvalue weighted by molar-refractivity contribution is 6.25. The van der Waals surface area contributed by atoms with E-state index < -0.39 is 82.7 Å². The molecule has 35 heteroatoms. The summed E-state index contributed by atoms with van der Waals surface area (Å²) in [5.74, 6) is -6.95. The van der Waals surface area contributed by atoms with Crippen LogP contribution in [0.3, 0.4) is 0 Å². The zero-order valence-electron chi connectivity index (χ0n) is 77.6. The number of ether oxygens (including phenoxy) is 2. The summed E-state index contributed by atoms with van der Waals surface area (Å²) in [6.45, 7) is 13.3. The minimum absolute atomic E-state index is 0.0223. The summed E-state index contributed by atoms with van der Waals surface area (Å²) in [7, 11) is 0. The number of aliphatic carboxylic acids is 1. The average Bonchev–Trinajstić information content (AvgIpc) is 1.60. The Bertz CT molecular complexity index is 6160. The molecule has 0 bridgehead atoms. The molecule has 139 heavy (non-hydrogen) atoms. The molecule has 6 fully saturated rings. The number of hydrogen-bond donors (Lipinski definition) is 9. The van der Waals surface area contributed by atoms with Gasteiger partial charge < -0.3 is 51.0 Å². The third-order valence-corrected chi connectivity index (χ3v) is 26.8. The number of benzene rings is 8. The molecule has 6 saturated heterocycles. The Morgan fingerprint density at radius 1 is 0.496 bits per heavy atom. The molecular weight excluding hydrogens is 1790 g/mol. The topological polar surface area (TPSA) is 388 Å². The second-order valence-corrected chi connectivity index (χ2v) is 36.7. The number of amides is 10. The minimum atomic E-state index is -1.01. The molecule has 2 unspecified atom stereocenters. The maximum atomic E-state index is 14.0. The van der Waals surface area contributed by atoms with Gasteiger partial charge in [-0.3, -0.25) is 97.9 Å². The number of piperidine rings is 2. The summed E-state index contributed by atoms with van der Waals surface area (Å²) in [6.07, 6.45) is 12.6. The Morgan fingerprint density at radius 3 is 1.58 bits per heavy atom. The molecule has 9 N–H and O–H groups in total. The van der Waals surface area contributed by atoms with Gasteiger partial charge in [0.25, 0.3) is 29.5 Å². The van der Waals surface area contributed by atoms with Gasteiger partial charge in [0.05, 0.1) is 65.1 Å². The van der Waals surface area contributed by atoms with Crippen molar-refractivity contribution in [3.8, 4) is 0 Å². The second kappa shape index (κ2) is 45.6. The van der Waals surface area contributed by atoms with E-state index >= 15 is 0 Å². The number of Topliss-reactive ketones (excluding diaryl/α,β-unsaturated/α-hetero) is 1. The van der Waals surface area contributed by atoms with Gasteiger partial charge in [-0.1, -0.05) is 44.4 Å². The number of nitrogens with zero attached hydrogens (tertiary/aromatic N) is 8. The molecule has 728 valence electrons. The Morgan fingerprint density at radius 2 is 1.01 bits per heavy atom. The first-order chi connectivity index (χ1) is 67.3. The van der Waals surface area contributed by atoms with Crippen LogP contribution in [-0.4, -0.2) is 241 Å². The molecule has 0 spiro atoms. The van der Waals surface area contributed by atoms with Gasteiger partial charge in [0.1, 0.15) is 35.4 Å². The van der Waals surface area contributed by atoms with Gasteiger partial charge in [0.15, 0.2) is 11.6 Å². The summed E-state index contributed by atoms with van der Waals surface area (Å²) in [5.41, 5.74) is 13.6. The number of anilines is 6. The number of halogens is 4. The molecule has 0 saturated carbocycles. The summed E-state index contributed by atoms with van der Waals surface area (Å²) in [4.78, 5) is 166. The summed E-state index contributed by atoms with van der Waals surface area (Å²) in [5, 5.41) is 37.7. The Balaban J connectivity index is 0.000000169. The highest BCUT2D eigenvalue weighted by Crippen LogP contribution is 2.37. The van der Waals surface area contributed by atoms with Crippen LogP contribution in [0.1, 0.15) is 211 Å². The molecule has 0 aliphatic carbocycles. The van der Waals surface area contributed by atoms with E-state index in [1.54, 1.807) is 36.4 Å². The van der Waals surface area contributed by atoms with Crippen LogP contribution >= 0.6 is 0 Å². The number of nitrogens with one attached hydrogen (secondary N) is 8. The largest absolute Gasteiger partial charge is 0.480 e. The number of H-pyrrole nitrogens is 1. The fourth-order valence-electron chi connectivity index (χ4n) is 19.3. The van der Waals surface area contributed by atoms with Gasteiger partial charge >= 0.3 is 5.97 Å². The molecule has 9 aliphatic heterocycles. The third kappa shape index (κ3) is 24.8. The Labute approximate surface area is 801 Å². The van der Waals surface area contributed by atoms with E-state index in [2.05, 4.69) is 75.1 Å². The maximum absolute atomic E-state index is 14.0. The predicted molar refractivity (Wildman–Crippen MR) is 515 cm³/mol. The van der Waals surface area contributed by atoms with Gasteiger partial charge in [-0.05, 0) is 238 Å². The summed E-state index contributed by atoms with van der Waals surface area (Å²) >= 11 is 0. The van der Waals surface area contributed by atoms with Crippen molar-refractivity contribution in [2.24, 2.45) is 10.9 Å². The van der Waals surface area contributed by atoms with E-state index in [4.69, 9.17) is 19.6 Å². The molecule has 10 amide bonds. The molecule has 9 aromatic rings. The lowest BCUT2D eigenvalue weighted by Crippen LogP contribution is -2.54. The number of carbonyl (C=O) groups excluding carboxylic acids is 11. The van der Waals surface area contributed by atoms with Crippen LogP contribution in [0.2, 0.25) is 0 Å². The lowest BCUT2D eigenvalue weighted by atomic mass is 9.87. The van der Waals surface area contributed by atoms with Crippen molar-refractivity contribution in [3.05, 3.63) is 241 Å². The molecule has 9 aliphatic rings. The molecule has 10 heterocycles. The summed E-state index contributed by atoms with van der Waals surface area (Å²) in [6, 6.07) is 38.5. The number of aliphatic imine (C=N–C) groups is 1. The third-order valence-electron chi connectivity index (χ3n) is 26.8. The standard InChI is InChI=1S/C50H54F2N10O7.C35H37F2N3O4.C19H23N3O4/c51-32-23-31(24-33(52)26-32)22-30-4-9-41-40(25-30)46(59-58-41)57-47(65)38-8-6-36(28-42(38)55-34-12-20-69-21-13-34)61-18-16-60(17-19-61)29-45(64)54-15-3-1-2-14-53-35-5-7-37-39(27-35)50(68)62(49(37)67)43-10-11-44(63)56-48(43)66;36-28-15-25(16-29(37)19-28)13-24-1-2-26-21-38-33(32(26)17-24)20-34(41)31-4-3-30(18-27(31)14-23-5-11-44-12-6-23)40-9-7-39(8-10-40)22-35(42)43;1-2-3-4-5-10-20-12-6-7-13-14(11-12)19(26)22(18(13)25)15-8-9-16(23)21-17(15)24/h4-9,23-28,34,43,53,55H,1-3,10-22,29H2,(H,54,64)(H,56,63,66)(H2,57,58,59,65);1-4,15-19,23H,5-14,20-22H2,(H,42,43);6-7,11,15,20H,2-5,8-10H2,1H3,(H,21,23,24). The monoisotopic (exact) mass is 1900 g/mol. The van der Waals surface area contributed by atoms with Crippen molar-refractivity contribution in [1.29, 1.82) is 0 Å². The van der Waals surface area contributed by atoms with Gasteiger partial charge in [0, 0.05) is 174 Å². The number of rotatable bonds is 34. The van der Waals surface area contributed by atoms with Gasteiger partial charge in [0.2, 0.25) is 29.5 Å². The van der Waals surface area contributed by atoms with Crippen LogP contribution in [0.5, 0.6) is 0 Å². The lowest BCUT2D eigenvalue weighted by molar-refractivity contribution is -0.139. The van der Waals surface area contributed by atoms with Gasteiger partial charge in [-0.25, -0.2) is 17.6 Å². The zero-order chi connectivity index (χ0) is 97.3. The number of carbonyl (C=O) groups is 12. The van der Waals surface area contributed by atoms with Crippen LogP contribution < -0.4 is 47.0 Å².